The van der Waals surface area contributed by atoms with E-state index in [4.69, 9.17) is 0 Å². The number of hydrogen-bond donors (Lipinski definition) is 2. The predicted octanol–water partition coefficient (Wildman–Crippen LogP) is 3.74. The van der Waals surface area contributed by atoms with Crippen LogP contribution in [0.25, 0.3) is 0 Å². The predicted molar refractivity (Wildman–Crippen MR) is 87.6 cm³/mol. The smallest absolute Gasteiger partial charge is 0.341 e. The van der Waals surface area contributed by atoms with Crippen molar-refractivity contribution in [2.75, 3.05) is 28.6 Å². The first-order valence-corrected chi connectivity index (χ1v) is 7.75. The van der Waals surface area contributed by atoms with Crippen LogP contribution >= 0.6 is 0 Å². The fourth-order valence-electron chi connectivity index (χ4n) is 2.59. The van der Waals surface area contributed by atoms with Gasteiger partial charge in [-0.1, -0.05) is 12.1 Å². The lowest BCUT2D eigenvalue weighted by molar-refractivity contribution is -0.136. The monoisotopic (exact) mass is 351 g/mol. The zero-order chi connectivity index (χ0) is 17.9. The van der Waals surface area contributed by atoms with Crippen LogP contribution in [-0.2, 0) is 6.18 Å². The molecule has 9 heteroatoms. The van der Waals surface area contributed by atoms with Gasteiger partial charge in [-0.2, -0.15) is 13.2 Å². The third kappa shape index (κ3) is 4.17. The van der Waals surface area contributed by atoms with Crippen LogP contribution in [0.1, 0.15) is 18.4 Å². The molecular weight excluding hydrogens is 335 g/mol. The van der Waals surface area contributed by atoms with E-state index in [-0.39, 0.29) is 5.69 Å². The van der Waals surface area contributed by atoms with Gasteiger partial charge in [0, 0.05) is 13.1 Å². The van der Waals surface area contributed by atoms with Gasteiger partial charge in [-0.3, -0.25) is 0 Å². The van der Waals surface area contributed by atoms with Crippen molar-refractivity contribution in [3.63, 3.8) is 0 Å². The normalized spacial score (nSPS) is 14.4. The van der Waals surface area contributed by atoms with E-state index in [0.717, 1.165) is 32.0 Å². The van der Waals surface area contributed by atoms with Crippen LogP contribution < -0.4 is 15.5 Å². The minimum absolute atomic E-state index is 0.296. The molecule has 2 aromatic rings. The van der Waals surface area contributed by atoms with Gasteiger partial charge in [0.05, 0.1) is 29.3 Å². The number of para-hydroxylation sites is 1. The van der Waals surface area contributed by atoms with Gasteiger partial charge in [-0.25, -0.2) is 14.8 Å². The number of carbonyl (C=O) groups excluding carboxylic acids is 1. The molecule has 0 radical (unpaired) electrons. The molecule has 1 saturated heterocycles. The summed E-state index contributed by atoms with van der Waals surface area (Å²) in [5.74, 6) is 0.575. The first-order valence-electron chi connectivity index (χ1n) is 7.75. The van der Waals surface area contributed by atoms with E-state index in [1.54, 1.807) is 0 Å². The number of halogens is 3. The molecule has 0 saturated carbocycles. The van der Waals surface area contributed by atoms with Crippen LogP contribution in [0, 0.1) is 0 Å². The first-order chi connectivity index (χ1) is 11.9. The second kappa shape index (κ2) is 6.96. The van der Waals surface area contributed by atoms with Crippen LogP contribution in [0.2, 0.25) is 0 Å². The minimum Gasteiger partial charge on any atom is -0.341 e. The van der Waals surface area contributed by atoms with Crippen molar-refractivity contribution in [2.45, 2.75) is 19.0 Å². The maximum Gasteiger partial charge on any atom is 0.418 e. The van der Waals surface area contributed by atoms with Crippen molar-refractivity contribution in [3.05, 3.63) is 42.2 Å². The van der Waals surface area contributed by atoms with Crippen molar-refractivity contribution in [3.8, 4) is 0 Å². The number of urea groups is 1. The van der Waals surface area contributed by atoms with Crippen molar-refractivity contribution in [2.24, 2.45) is 0 Å². The number of carbonyl (C=O) groups is 1. The summed E-state index contributed by atoms with van der Waals surface area (Å²) in [7, 11) is 0. The molecule has 0 aliphatic carbocycles. The zero-order valence-electron chi connectivity index (χ0n) is 13.2. The highest BCUT2D eigenvalue weighted by Crippen LogP contribution is 2.34. The Morgan fingerprint density at radius 2 is 1.68 bits per heavy atom. The van der Waals surface area contributed by atoms with E-state index in [9.17, 15) is 18.0 Å². The van der Waals surface area contributed by atoms with Crippen LogP contribution in [0.3, 0.4) is 0 Å². The summed E-state index contributed by atoms with van der Waals surface area (Å²) in [6.07, 6.45) is 0.477. The van der Waals surface area contributed by atoms with Crippen LogP contribution in [-0.4, -0.2) is 29.1 Å². The molecule has 0 bridgehead atoms. The Morgan fingerprint density at radius 3 is 2.32 bits per heavy atom. The van der Waals surface area contributed by atoms with Gasteiger partial charge >= 0.3 is 12.2 Å². The highest BCUT2D eigenvalue weighted by molar-refractivity contribution is 6.00. The molecule has 2 heterocycles. The Balaban J connectivity index is 1.65. The highest BCUT2D eigenvalue weighted by Gasteiger charge is 2.33. The quantitative estimate of drug-likeness (QED) is 0.884. The first kappa shape index (κ1) is 17.0. The molecule has 2 N–H and O–H groups in total. The van der Waals surface area contributed by atoms with E-state index in [2.05, 4.69) is 20.6 Å². The summed E-state index contributed by atoms with van der Waals surface area (Å²) in [5.41, 5.74) is -0.933. The van der Waals surface area contributed by atoms with Crippen molar-refractivity contribution < 1.29 is 18.0 Å². The molecule has 25 heavy (non-hydrogen) atoms. The van der Waals surface area contributed by atoms with E-state index in [1.807, 2.05) is 4.90 Å². The number of nitrogens with zero attached hydrogens (tertiary/aromatic N) is 3. The van der Waals surface area contributed by atoms with Crippen LogP contribution in [0.5, 0.6) is 0 Å². The molecule has 6 nitrogen and oxygen atoms in total. The van der Waals surface area contributed by atoms with Crippen LogP contribution in [0.4, 0.5) is 35.3 Å². The molecule has 3 rings (SSSR count). The Bertz CT molecular complexity index is 742. The summed E-state index contributed by atoms with van der Waals surface area (Å²) in [6.45, 7) is 1.78. The Kier molecular flexibility index (Phi) is 4.73. The molecule has 1 aromatic carbocycles. The third-order valence-electron chi connectivity index (χ3n) is 3.77. The van der Waals surface area contributed by atoms with Gasteiger partial charge < -0.3 is 15.5 Å². The molecular formula is C16H16F3N5O. The largest absolute Gasteiger partial charge is 0.418 e. The average Bonchev–Trinajstić information content (AvgIpc) is 3.09. The zero-order valence-corrected chi connectivity index (χ0v) is 13.2. The maximum absolute atomic E-state index is 12.9. The van der Waals surface area contributed by atoms with Crippen molar-refractivity contribution in [1.82, 2.24) is 9.97 Å². The van der Waals surface area contributed by atoms with Crippen molar-refractivity contribution in [1.29, 1.82) is 0 Å². The Hall–Kier alpha value is -2.84. The Labute approximate surface area is 142 Å². The molecule has 0 unspecified atom stereocenters. The lowest BCUT2D eigenvalue weighted by Crippen LogP contribution is -2.23. The Morgan fingerprint density at radius 1 is 1.04 bits per heavy atom. The molecule has 132 valence electrons. The van der Waals surface area contributed by atoms with E-state index >= 15 is 0 Å². The third-order valence-corrected chi connectivity index (χ3v) is 3.77. The van der Waals surface area contributed by atoms with Crippen molar-refractivity contribution >= 4 is 23.4 Å². The molecule has 0 spiro atoms. The maximum atomic E-state index is 12.9. The molecule has 1 aromatic heterocycles. The van der Waals surface area contributed by atoms with Crippen LogP contribution in [0.15, 0.2) is 36.7 Å². The standard InChI is InChI=1S/C16H16F3N5O/c17-16(18,19)12-5-1-2-6-13(12)23-15(25)22-11-9-20-14(21-10-11)24-7-3-4-8-24/h1-2,5-6,9-10H,3-4,7-8H2,(H2,22,23,25). The highest BCUT2D eigenvalue weighted by atomic mass is 19.4. The fraction of sp³-hybridized carbons (Fsp3) is 0.312. The van der Waals surface area contributed by atoms with Gasteiger partial charge in [0.15, 0.2) is 0 Å². The number of hydrogen-bond acceptors (Lipinski definition) is 4. The number of alkyl halides is 3. The summed E-state index contributed by atoms with van der Waals surface area (Å²) >= 11 is 0. The summed E-state index contributed by atoms with van der Waals surface area (Å²) < 4.78 is 38.8. The van der Waals surface area contributed by atoms with Gasteiger partial charge in [-0.15, -0.1) is 0 Å². The minimum atomic E-state index is -4.55. The number of nitrogens with one attached hydrogen (secondary N) is 2. The molecule has 2 amide bonds. The van der Waals surface area contributed by atoms with E-state index < -0.39 is 17.8 Å². The molecule has 1 fully saturated rings. The SMILES string of the molecule is O=C(Nc1cnc(N2CCCC2)nc1)Nc1ccccc1C(F)(F)F. The van der Waals surface area contributed by atoms with Gasteiger partial charge in [0.1, 0.15) is 0 Å². The molecule has 1 aliphatic rings. The summed E-state index contributed by atoms with van der Waals surface area (Å²) in [4.78, 5) is 22.3. The van der Waals surface area contributed by atoms with E-state index in [0.29, 0.717) is 11.6 Å². The lowest BCUT2D eigenvalue weighted by atomic mass is 10.1. The second-order valence-electron chi connectivity index (χ2n) is 5.59. The number of aromatic nitrogens is 2. The second-order valence-corrected chi connectivity index (χ2v) is 5.59. The summed E-state index contributed by atoms with van der Waals surface area (Å²) in [6, 6.07) is 3.98. The summed E-state index contributed by atoms with van der Waals surface area (Å²) in [5, 5.41) is 4.63. The average molecular weight is 351 g/mol. The number of benzene rings is 1. The number of rotatable bonds is 3. The van der Waals surface area contributed by atoms with Gasteiger partial charge in [0.25, 0.3) is 0 Å². The van der Waals surface area contributed by atoms with Gasteiger partial charge in [-0.05, 0) is 25.0 Å². The molecule has 1 aliphatic heterocycles. The number of amides is 2. The van der Waals surface area contributed by atoms with Gasteiger partial charge in [0.2, 0.25) is 5.95 Å². The van der Waals surface area contributed by atoms with E-state index in [1.165, 1.54) is 30.6 Å². The number of anilines is 3. The molecule has 0 atom stereocenters. The lowest BCUT2D eigenvalue weighted by Gasteiger charge is -2.15. The topological polar surface area (TPSA) is 70.2 Å². The fourth-order valence-corrected chi connectivity index (χ4v) is 2.59.